The van der Waals surface area contributed by atoms with E-state index in [4.69, 9.17) is 18.9 Å². The zero-order valence-corrected chi connectivity index (χ0v) is 16.7. The lowest BCUT2D eigenvalue weighted by Crippen LogP contribution is -2.47. The molecule has 0 radical (unpaired) electrons. The number of benzene rings is 1. The average molecular weight is 392 g/mol. The smallest absolute Gasteiger partial charge is 0.254 e. The second kappa shape index (κ2) is 9.14. The number of piperidine rings is 1. The van der Waals surface area contributed by atoms with Gasteiger partial charge in [0, 0.05) is 37.7 Å². The van der Waals surface area contributed by atoms with E-state index in [2.05, 4.69) is 0 Å². The van der Waals surface area contributed by atoms with Crippen molar-refractivity contribution in [3.63, 3.8) is 0 Å². The molecular formula is C20H28N2O6. The molecule has 1 aromatic rings. The molecule has 1 aromatic carbocycles. The van der Waals surface area contributed by atoms with Crippen LogP contribution in [0.4, 0.5) is 0 Å². The summed E-state index contributed by atoms with van der Waals surface area (Å²) < 4.78 is 21.3. The van der Waals surface area contributed by atoms with Crippen LogP contribution in [0.25, 0.3) is 0 Å². The predicted molar refractivity (Wildman–Crippen MR) is 102 cm³/mol. The van der Waals surface area contributed by atoms with Crippen molar-refractivity contribution in [3.8, 4) is 17.2 Å². The molecule has 2 aliphatic heterocycles. The Kier molecular flexibility index (Phi) is 6.61. The van der Waals surface area contributed by atoms with Gasteiger partial charge in [0.15, 0.2) is 11.5 Å². The van der Waals surface area contributed by atoms with Crippen LogP contribution in [0.3, 0.4) is 0 Å². The lowest BCUT2D eigenvalue weighted by atomic mass is 9.94. The number of likely N-dealkylation sites (tertiary alicyclic amines) is 1. The molecule has 2 heterocycles. The predicted octanol–water partition coefficient (Wildman–Crippen LogP) is 1.42. The molecule has 154 valence electrons. The highest BCUT2D eigenvalue weighted by molar-refractivity contribution is 5.96. The zero-order chi connectivity index (χ0) is 20.1. The third-order valence-electron chi connectivity index (χ3n) is 5.37. The van der Waals surface area contributed by atoms with Crippen LogP contribution < -0.4 is 14.2 Å². The molecular weight excluding hydrogens is 364 g/mol. The molecule has 0 aromatic heterocycles. The SMILES string of the molecule is COc1cc(C(=O)N2CCC(C(=O)N3CCOCC3)CC2)cc(OC)c1OC. The lowest BCUT2D eigenvalue weighted by molar-refractivity contribution is -0.141. The van der Waals surface area contributed by atoms with Crippen molar-refractivity contribution in [2.24, 2.45) is 5.92 Å². The van der Waals surface area contributed by atoms with Crippen LogP contribution in [0.5, 0.6) is 17.2 Å². The Balaban J connectivity index is 1.66. The van der Waals surface area contributed by atoms with E-state index < -0.39 is 0 Å². The molecule has 2 saturated heterocycles. The van der Waals surface area contributed by atoms with Gasteiger partial charge in [0.05, 0.1) is 34.5 Å². The van der Waals surface area contributed by atoms with Crippen LogP contribution in [0.15, 0.2) is 12.1 Å². The first-order valence-electron chi connectivity index (χ1n) is 9.54. The van der Waals surface area contributed by atoms with Gasteiger partial charge < -0.3 is 28.7 Å². The number of hydrogen-bond acceptors (Lipinski definition) is 6. The maximum absolute atomic E-state index is 13.0. The van der Waals surface area contributed by atoms with Crippen molar-refractivity contribution in [3.05, 3.63) is 17.7 Å². The van der Waals surface area contributed by atoms with Crippen LogP contribution in [-0.2, 0) is 9.53 Å². The highest BCUT2D eigenvalue weighted by atomic mass is 16.5. The topological polar surface area (TPSA) is 77.5 Å². The van der Waals surface area contributed by atoms with Gasteiger partial charge in [-0.2, -0.15) is 0 Å². The molecule has 2 aliphatic rings. The molecule has 0 unspecified atom stereocenters. The molecule has 28 heavy (non-hydrogen) atoms. The van der Waals surface area contributed by atoms with Gasteiger partial charge in [0.25, 0.3) is 5.91 Å². The van der Waals surface area contributed by atoms with E-state index in [9.17, 15) is 9.59 Å². The fraction of sp³-hybridized carbons (Fsp3) is 0.600. The number of carbonyl (C=O) groups excluding carboxylic acids is 2. The van der Waals surface area contributed by atoms with Crippen LogP contribution in [0.2, 0.25) is 0 Å². The minimum atomic E-state index is -0.100. The highest BCUT2D eigenvalue weighted by Gasteiger charge is 2.31. The molecule has 2 amide bonds. The second-order valence-corrected chi connectivity index (χ2v) is 6.92. The molecule has 0 saturated carbocycles. The highest BCUT2D eigenvalue weighted by Crippen LogP contribution is 2.38. The van der Waals surface area contributed by atoms with Crippen LogP contribution >= 0.6 is 0 Å². The number of amides is 2. The molecule has 2 fully saturated rings. The van der Waals surface area contributed by atoms with Gasteiger partial charge in [-0.3, -0.25) is 9.59 Å². The maximum atomic E-state index is 13.0. The van der Waals surface area contributed by atoms with Gasteiger partial charge >= 0.3 is 0 Å². The maximum Gasteiger partial charge on any atom is 0.254 e. The van der Waals surface area contributed by atoms with E-state index in [0.29, 0.717) is 75.0 Å². The number of methoxy groups -OCH3 is 3. The Morgan fingerprint density at radius 2 is 1.46 bits per heavy atom. The quantitative estimate of drug-likeness (QED) is 0.754. The van der Waals surface area contributed by atoms with Crippen LogP contribution in [0.1, 0.15) is 23.2 Å². The molecule has 0 bridgehead atoms. The van der Waals surface area contributed by atoms with Gasteiger partial charge in [0.1, 0.15) is 0 Å². The summed E-state index contributed by atoms with van der Waals surface area (Å²) in [6.07, 6.45) is 1.35. The Labute approximate surface area is 165 Å². The summed E-state index contributed by atoms with van der Waals surface area (Å²) >= 11 is 0. The summed E-state index contributed by atoms with van der Waals surface area (Å²) in [5, 5.41) is 0. The van der Waals surface area contributed by atoms with Gasteiger partial charge in [-0.25, -0.2) is 0 Å². The second-order valence-electron chi connectivity index (χ2n) is 6.92. The first kappa shape index (κ1) is 20.3. The number of morpholine rings is 1. The van der Waals surface area contributed by atoms with Gasteiger partial charge in [-0.1, -0.05) is 0 Å². The lowest BCUT2D eigenvalue weighted by Gasteiger charge is -2.35. The number of ether oxygens (including phenoxy) is 4. The van der Waals surface area contributed by atoms with Crippen molar-refractivity contribution in [2.45, 2.75) is 12.8 Å². The number of carbonyl (C=O) groups is 2. The first-order valence-corrected chi connectivity index (χ1v) is 9.54. The molecule has 0 spiro atoms. The van der Waals surface area contributed by atoms with Crippen molar-refractivity contribution in [1.29, 1.82) is 0 Å². The molecule has 0 atom stereocenters. The standard InChI is InChI=1S/C20H28N2O6/c1-25-16-12-15(13-17(26-2)18(16)27-3)20(24)21-6-4-14(5-7-21)19(23)22-8-10-28-11-9-22/h12-14H,4-11H2,1-3H3. The minimum Gasteiger partial charge on any atom is -0.493 e. The van der Waals surface area contributed by atoms with E-state index in [1.54, 1.807) is 17.0 Å². The summed E-state index contributed by atoms with van der Waals surface area (Å²) in [5.41, 5.74) is 0.479. The van der Waals surface area contributed by atoms with Gasteiger partial charge in [-0.05, 0) is 25.0 Å². The zero-order valence-electron chi connectivity index (χ0n) is 16.7. The third-order valence-corrected chi connectivity index (χ3v) is 5.37. The normalized spacial score (nSPS) is 18.0. The largest absolute Gasteiger partial charge is 0.493 e. The summed E-state index contributed by atoms with van der Waals surface area (Å²) in [4.78, 5) is 29.3. The molecule has 3 rings (SSSR count). The van der Waals surface area contributed by atoms with Crippen molar-refractivity contribution in [2.75, 3.05) is 60.7 Å². The van der Waals surface area contributed by atoms with E-state index >= 15 is 0 Å². The van der Waals surface area contributed by atoms with E-state index in [1.165, 1.54) is 21.3 Å². The number of hydrogen-bond donors (Lipinski definition) is 0. The summed E-state index contributed by atoms with van der Waals surface area (Å²) in [6, 6.07) is 3.32. The molecule has 8 heteroatoms. The Morgan fingerprint density at radius 1 is 0.893 bits per heavy atom. The van der Waals surface area contributed by atoms with E-state index in [0.717, 1.165) is 0 Å². The Hall–Kier alpha value is -2.48. The summed E-state index contributed by atoms with van der Waals surface area (Å²) in [7, 11) is 4.57. The van der Waals surface area contributed by atoms with E-state index in [-0.39, 0.29) is 17.7 Å². The fourth-order valence-corrected chi connectivity index (χ4v) is 3.76. The first-order chi connectivity index (χ1) is 13.6. The van der Waals surface area contributed by atoms with Crippen molar-refractivity contribution < 1.29 is 28.5 Å². The van der Waals surface area contributed by atoms with Crippen molar-refractivity contribution >= 4 is 11.8 Å². The van der Waals surface area contributed by atoms with Crippen molar-refractivity contribution in [1.82, 2.24) is 9.80 Å². The van der Waals surface area contributed by atoms with Crippen LogP contribution in [0, 0.1) is 5.92 Å². The minimum absolute atomic E-state index is 0.0258. The molecule has 0 N–H and O–H groups in total. The fourth-order valence-electron chi connectivity index (χ4n) is 3.76. The number of rotatable bonds is 5. The van der Waals surface area contributed by atoms with Crippen LogP contribution in [-0.4, -0.2) is 82.3 Å². The van der Waals surface area contributed by atoms with Gasteiger partial charge in [0.2, 0.25) is 11.7 Å². The monoisotopic (exact) mass is 392 g/mol. The van der Waals surface area contributed by atoms with Gasteiger partial charge in [-0.15, -0.1) is 0 Å². The summed E-state index contributed by atoms with van der Waals surface area (Å²) in [5.74, 6) is 1.41. The van der Waals surface area contributed by atoms with E-state index in [1.807, 2.05) is 4.90 Å². The molecule has 8 nitrogen and oxygen atoms in total. The molecule has 0 aliphatic carbocycles. The average Bonchev–Trinajstić information content (AvgIpc) is 2.77. The Bertz CT molecular complexity index is 684. The Morgan fingerprint density at radius 3 is 1.96 bits per heavy atom. The number of nitrogens with zero attached hydrogens (tertiary/aromatic N) is 2. The summed E-state index contributed by atoms with van der Waals surface area (Å²) in [6.45, 7) is 3.62. The third kappa shape index (κ3) is 4.16.